The molecule has 0 radical (unpaired) electrons. The van der Waals surface area contributed by atoms with E-state index in [4.69, 9.17) is 4.74 Å². The number of fused-ring (bicyclic) bond motifs is 1. The number of carbonyl (C=O) groups is 1. The summed E-state index contributed by atoms with van der Waals surface area (Å²) in [5, 5.41) is 0.314. The molecule has 0 saturated heterocycles. The predicted molar refractivity (Wildman–Crippen MR) is 79.6 cm³/mol. The molecular formula is C17H13F2NO2. The fraction of sp³-hybridized carbons (Fsp3) is 0.118. The van der Waals surface area contributed by atoms with Crippen molar-refractivity contribution in [3.63, 3.8) is 0 Å². The molecule has 0 fully saturated rings. The van der Waals surface area contributed by atoms with Crippen LogP contribution in [0.3, 0.4) is 0 Å². The first-order chi connectivity index (χ1) is 10.6. The third kappa shape index (κ3) is 2.45. The number of hydrogen-bond acceptors (Lipinski definition) is 2. The third-order valence-corrected chi connectivity index (χ3v) is 3.39. The number of aromatic amines is 1. The minimum absolute atomic E-state index is 0.175. The Morgan fingerprint density at radius 1 is 1.09 bits per heavy atom. The van der Waals surface area contributed by atoms with E-state index in [0.717, 1.165) is 11.1 Å². The summed E-state index contributed by atoms with van der Waals surface area (Å²) in [6, 6.07) is 11.0. The largest absolute Gasteiger partial charge is 0.461 e. The quantitative estimate of drug-likeness (QED) is 0.733. The Morgan fingerprint density at radius 3 is 2.45 bits per heavy atom. The highest BCUT2D eigenvalue weighted by Gasteiger charge is 2.19. The summed E-state index contributed by atoms with van der Waals surface area (Å²) >= 11 is 0. The molecule has 0 unspecified atom stereocenters. The van der Waals surface area contributed by atoms with Gasteiger partial charge in [0.15, 0.2) is 11.5 Å². The number of rotatable bonds is 3. The topological polar surface area (TPSA) is 42.1 Å². The van der Waals surface area contributed by atoms with Gasteiger partial charge in [-0.2, -0.15) is 0 Å². The average Bonchev–Trinajstić information content (AvgIpc) is 2.85. The van der Waals surface area contributed by atoms with Crippen LogP contribution in [0, 0.1) is 11.6 Å². The number of carbonyl (C=O) groups excluding carboxylic acids is 1. The van der Waals surface area contributed by atoms with E-state index in [1.807, 2.05) is 0 Å². The molecule has 0 atom stereocenters. The third-order valence-electron chi connectivity index (χ3n) is 3.39. The standard InChI is InChI=1S/C17H13F2NO2/c1-2-22-17(21)16-15(19)13-8-5-11(9-14(13)20-16)10-3-6-12(18)7-4-10/h3-9,20H,2H2,1H3. The molecule has 3 rings (SSSR count). The second-order valence-electron chi connectivity index (χ2n) is 4.80. The molecule has 112 valence electrons. The van der Waals surface area contributed by atoms with E-state index in [1.165, 1.54) is 12.1 Å². The number of esters is 1. The van der Waals surface area contributed by atoms with Crippen LogP contribution < -0.4 is 0 Å². The van der Waals surface area contributed by atoms with Crippen LogP contribution in [0.15, 0.2) is 42.5 Å². The van der Waals surface area contributed by atoms with Crippen molar-refractivity contribution >= 4 is 16.9 Å². The molecule has 2 aromatic carbocycles. The van der Waals surface area contributed by atoms with Crippen LogP contribution in [-0.4, -0.2) is 17.6 Å². The van der Waals surface area contributed by atoms with E-state index in [-0.39, 0.29) is 18.1 Å². The SMILES string of the molecule is CCOC(=O)c1[nH]c2cc(-c3ccc(F)cc3)ccc2c1F. The number of aromatic nitrogens is 1. The Morgan fingerprint density at radius 2 is 1.77 bits per heavy atom. The first-order valence-corrected chi connectivity index (χ1v) is 6.84. The fourth-order valence-corrected chi connectivity index (χ4v) is 2.33. The molecule has 5 heteroatoms. The number of H-pyrrole nitrogens is 1. The average molecular weight is 301 g/mol. The van der Waals surface area contributed by atoms with Crippen molar-refractivity contribution in [2.24, 2.45) is 0 Å². The zero-order valence-corrected chi connectivity index (χ0v) is 11.8. The highest BCUT2D eigenvalue weighted by atomic mass is 19.1. The van der Waals surface area contributed by atoms with E-state index in [1.54, 1.807) is 37.3 Å². The number of ether oxygens (including phenoxy) is 1. The zero-order valence-electron chi connectivity index (χ0n) is 11.8. The maximum atomic E-state index is 14.2. The molecular weight excluding hydrogens is 288 g/mol. The molecule has 0 aliphatic heterocycles. The lowest BCUT2D eigenvalue weighted by Crippen LogP contribution is -2.06. The maximum Gasteiger partial charge on any atom is 0.357 e. The summed E-state index contributed by atoms with van der Waals surface area (Å²) in [6.07, 6.45) is 0. The molecule has 1 aromatic heterocycles. The monoisotopic (exact) mass is 301 g/mol. The van der Waals surface area contributed by atoms with Crippen molar-refractivity contribution < 1.29 is 18.3 Å². The highest BCUT2D eigenvalue weighted by Crippen LogP contribution is 2.27. The fourth-order valence-electron chi connectivity index (χ4n) is 2.33. The van der Waals surface area contributed by atoms with Gasteiger partial charge in [0, 0.05) is 10.9 Å². The van der Waals surface area contributed by atoms with Gasteiger partial charge in [0.05, 0.1) is 6.61 Å². The lowest BCUT2D eigenvalue weighted by atomic mass is 10.0. The minimum atomic E-state index is -0.723. The minimum Gasteiger partial charge on any atom is -0.461 e. The summed E-state index contributed by atoms with van der Waals surface area (Å²) in [5.74, 6) is -1.67. The Bertz CT molecular complexity index is 838. The van der Waals surface area contributed by atoms with Crippen molar-refractivity contribution in [2.45, 2.75) is 6.92 Å². The van der Waals surface area contributed by atoms with Crippen LogP contribution in [0.25, 0.3) is 22.0 Å². The van der Waals surface area contributed by atoms with Crippen LogP contribution in [0.1, 0.15) is 17.4 Å². The smallest absolute Gasteiger partial charge is 0.357 e. The maximum absolute atomic E-state index is 14.2. The van der Waals surface area contributed by atoms with Gasteiger partial charge in [0.1, 0.15) is 5.82 Å². The molecule has 0 spiro atoms. The number of hydrogen-bond donors (Lipinski definition) is 1. The first kappa shape index (κ1) is 14.3. The molecule has 3 aromatic rings. The Labute approximate surface area is 125 Å². The lowest BCUT2D eigenvalue weighted by molar-refractivity contribution is 0.0515. The van der Waals surface area contributed by atoms with Gasteiger partial charge in [-0.05, 0) is 42.3 Å². The van der Waals surface area contributed by atoms with E-state index in [0.29, 0.717) is 10.9 Å². The second kappa shape index (κ2) is 5.60. The summed E-state index contributed by atoms with van der Waals surface area (Å²) in [6.45, 7) is 1.83. The van der Waals surface area contributed by atoms with E-state index < -0.39 is 11.8 Å². The zero-order chi connectivity index (χ0) is 15.7. The van der Waals surface area contributed by atoms with Crippen molar-refractivity contribution in [1.82, 2.24) is 4.98 Å². The molecule has 3 nitrogen and oxygen atoms in total. The van der Waals surface area contributed by atoms with E-state index >= 15 is 0 Å². The van der Waals surface area contributed by atoms with Crippen LogP contribution in [0.2, 0.25) is 0 Å². The first-order valence-electron chi connectivity index (χ1n) is 6.84. The van der Waals surface area contributed by atoms with E-state index in [9.17, 15) is 13.6 Å². The highest BCUT2D eigenvalue weighted by molar-refractivity contribution is 5.96. The van der Waals surface area contributed by atoms with Gasteiger partial charge in [-0.1, -0.05) is 18.2 Å². The van der Waals surface area contributed by atoms with Gasteiger partial charge >= 0.3 is 5.97 Å². The van der Waals surface area contributed by atoms with Crippen LogP contribution in [-0.2, 0) is 4.74 Å². The Hall–Kier alpha value is -2.69. The normalized spacial score (nSPS) is 10.9. The van der Waals surface area contributed by atoms with Gasteiger partial charge in [-0.15, -0.1) is 0 Å². The van der Waals surface area contributed by atoms with Gasteiger partial charge in [0.25, 0.3) is 0 Å². The molecule has 0 aliphatic carbocycles. The predicted octanol–water partition coefficient (Wildman–Crippen LogP) is 4.29. The number of nitrogens with one attached hydrogen (secondary N) is 1. The molecule has 0 saturated carbocycles. The molecule has 0 aliphatic rings. The van der Waals surface area contributed by atoms with Crippen molar-refractivity contribution in [3.05, 3.63) is 59.8 Å². The molecule has 0 bridgehead atoms. The second-order valence-corrected chi connectivity index (χ2v) is 4.80. The van der Waals surface area contributed by atoms with Crippen LogP contribution in [0.4, 0.5) is 8.78 Å². The van der Waals surface area contributed by atoms with Gasteiger partial charge in [-0.25, -0.2) is 13.6 Å². The Balaban J connectivity index is 2.07. The van der Waals surface area contributed by atoms with Crippen LogP contribution in [0.5, 0.6) is 0 Å². The summed E-state index contributed by atoms with van der Waals surface area (Å²) in [7, 11) is 0. The molecule has 22 heavy (non-hydrogen) atoms. The lowest BCUT2D eigenvalue weighted by Gasteiger charge is -2.01. The number of benzene rings is 2. The van der Waals surface area contributed by atoms with Gasteiger partial charge in [-0.3, -0.25) is 0 Å². The van der Waals surface area contributed by atoms with Crippen molar-refractivity contribution in [2.75, 3.05) is 6.61 Å². The van der Waals surface area contributed by atoms with Crippen molar-refractivity contribution in [1.29, 1.82) is 0 Å². The van der Waals surface area contributed by atoms with E-state index in [2.05, 4.69) is 4.98 Å². The summed E-state index contributed by atoms with van der Waals surface area (Å²) in [4.78, 5) is 14.4. The van der Waals surface area contributed by atoms with Crippen molar-refractivity contribution in [3.8, 4) is 11.1 Å². The summed E-state index contributed by atoms with van der Waals surface area (Å²) in [5.41, 5.74) is 1.90. The summed E-state index contributed by atoms with van der Waals surface area (Å²) < 4.78 is 32.0. The van der Waals surface area contributed by atoms with Gasteiger partial charge < -0.3 is 9.72 Å². The number of halogens is 2. The van der Waals surface area contributed by atoms with Gasteiger partial charge in [0.2, 0.25) is 0 Å². The molecule has 0 amide bonds. The molecule has 1 heterocycles. The Kier molecular flexibility index (Phi) is 3.63. The van der Waals surface area contributed by atoms with Crippen LogP contribution >= 0.6 is 0 Å². The molecule has 1 N–H and O–H groups in total.